The zero-order chi connectivity index (χ0) is 22.3. The zero-order valence-electron chi connectivity index (χ0n) is 19.1. The number of rotatable bonds is 9. The zero-order valence-corrected chi connectivity index (χ0v) is 19.1. The van der Waals surface area contributed by atoms with Crippen molar-refractivity contribution in [3.63, 3.8) is 0 Å². The summed E-state index contributed by atoms with van der Waals surface area (Å²) >= 11 is 0. The molecule has 1 aliphatic heterocycles. The van der Waals surface area contributed by atoms with Gasteiger partial charge in [-0.05, 0) is 62.9 Å². The molecule has 1 fully saturated rings. The highest BCUT2D eigenvalue weighted by Gasteiger charge is 2.22. The molecule has 1 aliphatic rings. The second-order valence-electron chi connectivity index (χ2n) is 8.47. The molecule has 32 heavy (non-hydrogen) atoms. The van der Waals surface area contributed by atoms with Crippen molar-refractivity contribution in [2.24, 2.45) is 0 Å². The number of aromatic nitrogens is 2. The molecule has 0 aliphatic carbocycles. The highest BCUT2D eigenvalue weighted by atomic mass is 16.5. The van der Waals surface area contributed by atoms with Crippen LogP contribution in [-0.4, -0.2) is 36.4 Å². The summed E-state index contributed by atoms with van der Waals surface area (Å²) in [7, 11) is 1.74. The van der Waals surface area contributed by atoms with Gasteiger partial charge in [-0.15, -0.1) is 0 Å². The van der Waals surface area contributed by atoms with Crippen LogP contribution in [0.5, 0.6) is 0 Å². The fourth-order valence-corrected chi connectivity index (χ4v) is 4.31. The fourth-order valence-electron chi connectivity index (χ4n) is 4.31. The molecule has 0 amide bonds. The molecule has 1 saturated heterocycles. The highest BCUT2D eigenvalue weighted by Crippen LogP contribution is 2.32. The van der Waals surface area contributed by atoms with Crippen LogP contribution in [0, 0.1) is 6.92 Å². The lowest BCUT2D eigenvalue weighted by Gasteiger charge is -2.36. The van der Waals surface area contributed by atoms with E-state index in [1.807, 2.05) is 12.1 Å². The summed E-state index contributed by atoms with van der Waals surface area (Å²) in [6.45, 7) is 9.53. The molecule has 1 aromatic heterocycles. The van der Waals surface area contributed by atoms with Gasteiger partial charge in [0.2, 0.25) is 5.82 Å². The van der Waals surface area contributed by atoms with Gasteiger partial charge in [-0.2, -0.15) is 4.98 Å². The van der Waals surface area contributed by atoms with Gasteiger partial charge in [0.25, 0.3) is 5.89 Å². The molecule has 1 atom stereocenters. The van der Waals surface area contributed by atoms with Crippen LogP contribution in [0.4, 0.5) is 5.69 Å². The second-order valence-corrected chi connectivity index (χ2v) is 8.47. The molecule has 0 bridgehead atoms. The molecule has 0 spiro atoms. The SMILES string of the molecule is [CH2]CCNCc1ccc(-c2noc(-c3ccc(N4CCCC[C@H]4C)c(COC)c3)n2)cc1. The van der Waals surface area contributed by atoms with E-state index in [2.05, 4.69) is 64.5 Å². The predicted molar refractivity (Wildman–Crippen MR) is 128 cm³/mol. The molecule has 3 aromatic rings. The number of methoxy groups -OCH3 is 1. The van der Waals surface area contributed by atoms with Crippen molar-refractivity contribution in [1.29, 1.82) is 0 Å². The topological polar surface area (TPSA) is 63.4 Å². The van der Waals surface area contributed by atoms with Gasteiger partial charge in [0.15, 0.2) is 0 Å². The Labute approximate surface area is 191 Å². The molecule has 0 saturated carbocycles. The van der Waals surface area contributed by atoms with Crippen molar-refractivity contribution in [1.82, 2.24) is 15.5 Å². The summed E-state index contributed by atoms with van der Waals surface area (Å²) in [6.07, 6.45) is 4.64. The summed E-state index contributed by atoms with van der Waals surface area (Å²) < 4.78 is 11.1. The van der Waals surface area contributed by atoms with Crippen LogP contribution in [-0.2, 0) is 17.9 Å². The minimum Gasteiger partial charge on any atom is -0.380 e. The van der Waals surface area contributed by atoms with Gasteiger partial charge in [0, 0.05) is 48.6 Å². The first kappa shape index (κ1) is 22.5. The standard InChI is InChI=1S/C26H33N4O2/c1-4-14-27-17-20-8-10-21(11-9-20)25-28-26(32-29-25)22-12-13-24(23(16-22)18-31-3)30-15-6-5-7-19(30)2/h8-13,16,19,27H,1,4-7,14-15,17-18H2,2-3H3/t19-/m1/s1. The van der Waals surface area contributed by atoms with Gasteiger partial charge in [-0.3, -0.25) is 0 Å². The smallest absolute Gasteiger partial charge is 0.258 e. The molecule has 169 valence electrons. The van der Waals surface area contributed by atoms with E-state index < -0.39 is 0 Å². The van der Waals surface area contributed by atoms with E-state index in [1.165, 1.54) is 30.5 Å². The van der Waals surface area contributed by atoms with Crippen molar-refractivity contribution < 1.29 is 9.26 Å². The Bertz CT molecular complexity index is 999. The minimum absolute atomic E-state index is 0.525. The molecule has 2 aromatic carbocycles. The number of benzene rings is 2. The second kappa shape index (κ2) is 10.7. The molecular weight excluding hydrogens is 400 g/mol. The van der Waals surface area contributed by atoms with Crippen molar-refractivity contribution in [3.8, 4) is 22.8 Å². The number of hydrogen-bond acceptors (Lipinski definition) is 6. The van der Waals surface area contributed by atoms with Gasteiger partial charge in [-0.25, -0.2) is 0 Å². The van der Waals surface area contributed by atoms with Gasteiger partial charge >= 0.3 is 0 Å². The molecule has 0 unspecified atom stereocenters. The normalized spacial score (nSPS) is 16.5. The molecule has 1 N–H and O–H groups in total. The summed E-state index contributed by atoms with van der Waals surface area (Å²) in [4.78, 5) is 7.15. The Morgan fingerprint density at radius 3 is 2.72 bits per heavy atom. The van der Waals surface area contributed by atoms with E-state index >= 15 is 0 Å². The average molecular weight is 434 g/mol. The van der Waals surface area contributed by atoms with Crippen molar-refractivity contribution in [2.75, 3.05) is 25.1 Å². The van der Waals surface area contributed by atoms with Crippen LogP contribution in [0.3, 0.4) is 0 Å². The third kappa shape index (κ3) is 5.19. The Balaban J connectivity index is 1.53. The van der Waals surface area contributed by atoms with E-state index in [0.717, 1.165) is 42.7 Å². The lowest BCUT2D eigenvalue weighted by molar-refractivity contribution is 0.185. The van der Waals surface area contributed by atoms with E-state index in [9.17, 15) is 0 Å². The maximum atomic E-state index is 5.62. The predicted octanol–water partition coefficient (Wildman–Crippen LogP) is 5.24. The molecule has 6 nitrogen and oxygen atoms in total. The average Bonchev–Trinajstić information content (AvgIpc) is 3.31. The number of nitrogens with one attached hydrogen (secondary N) is 1. The Hall–Kier alpha value is -2.70. The number of nitrogens with zero attached hydrogens (tertiary/aromatic N) is 3. The number of piperidine rings is 1. The van der Waals surface area contributed by atoms with E-state index in [0.29, 0.717) is 24.4 Å². The quantitative estimate of drug-likeness (QED) is 0.466. The monoisotopic (exact) mass is 433 g/mol. The Morgan fingerprint density at radius 1 is 1.16 bits per heavy atom. The molecule has 6 heteroatoms. The van der Waals surface area contributed by atoms with Crippen LogP contribution in [0.25, 0.3) is 22.8 Å². The summed E-state index contributed by atoms with van der Waals surface area (Å²) in [5, 5.41) is 7.57. The van der Waals surface area contributed by atoms with Crippen molar-refractivity contribution in [3.05, 3.63) is 60.5 Å². The maximum absolute atomic E-state index is 5.62. The van der Waals surface area contributed by atoms with Gasteiger partial charge in [-0.1, -0.05) is 36.3 Å². The van der Waals surface area contributed by atoms with Crippen LogP contribution in [0.2, 0.25) is 0 Å². The minimum atomic E-state index is 0.525. The summed E-state index contributed by atoms with van der Waals surface area (Å²) in [5.41, 5.74) is 5.47. The molecular formula is C26H33N4O2. The van der Waals surface area contributed by atoms with Crippen LogP contribution < -0.4 is 10.2 Å². The van der Waals surface area contributed by atoms with E-state index in [-0.39, 0.29) is 0 Å². The number of ether oxygens (including phenoxy) is 1. The Kier molecular flexibility index (Phi) is 7.55. The molecule has 1 radical (unpaired) electrons. The molecule has 4 rings (SSSR count). The maximum Gasteiger partial charge on any atom is 0.258 e. The first-order valence-corrected chi connectivity index (χ1v) is 11.5. The third-order valence-corrected chi connectivity index (χ3v) is 6.06. The Morgan fingerprint density at radius 2 is 1.97 bits per heavy atom. The lowest BCUT2D eigenvalue weighted by atomic mass is 10.00. The van der Waals surface area contributed by atoms with Crippen LogP contribution in [0.15, 0.2) is 47.0 Å². The number of hydrogen-bond donors (Lipinski definition) is 1. The highest BCUT2D eigenvalue weighted by molar-refractivity contribution is 5.66. The third-order valence-electron chi connectivity index (χ3n) is 6.06. The van der Waals surface area contributed by atoms with Gasteiger partial charge in [0.05, 0.1) is 6.61 Å². The largest absolute Gasteiger partial charge is 0.380 e. The van der Waals surface area contributed by atoms with Crippen molar-refractivity contribution in [2.45, 2.75) is 51.8 Å². The van der Waals surface area contributed by atoms with Crippen molar-refractivity contribution >= 4 is 5.69 Å². The van der Waals surface area contributed by atoms with E-state index in [4.69, 9.17) is 9.26 Å². The first-order chi connectivity index (χ1) is 15.7. The summed E-state index contributed by atoms with van der Waals surface area (Å²) in [5.74, 6) is 1.12. The fraction of sp³-hybridized carbons (Fsp3) is 0.423. The number of anilines is 1. The van der Waals surface area contributed by atoms with E-state index in [1.54, 1.807) is 7.11 Å². The first-order valence-electron chi connectivity index (χ1n) is 11.5. The molecule has 2 heterocycles. The summed E-state index contributed by atoms with van der Waals surface area (Å²) in [6, 6.07) is 15.2. The van der Waals surface area contributed by atoms with Gasteiger partial charge in [0.1, 0.15) is 0 Å². The van der Waals surface area contributed by atoms with Crippen LogP contribution in [0.1, 0.15) is 43.7 Å². The van der Waals surface area contributed by atoms with Gasteiger partial charge < -0.3 is 19.5 Å². The lowest BCUT2D eigenvalue weighted by Crippen LogP contribution is -2.38. The van der Waals surface area contributed by atoms with Crippen LogP contribution >= 0.6 is 0 Å².